The summed E-state index contributed by atoms with van der Waals surface area (Å²) in [7, 11) is 0. The topological polar surface area (TPSA) is 101 Å². The van der Waals surface area contributed by atoms with E-state index < -0.39 is 4.92 Å². The van der Waals surface area contributed by atoms with Gasteiger partial charge in [0.05, 0.1) is 30.3 Å². The van der Waals surface area contributed by atoms with Crippen molar-refractivity contribution in [2.24, 2.45) is 4.99 Å². The molecule has 1 aromatic carbocycles. The average molecular weight is 434 g/mol. The van der Waals surface area contributed by atoms with Gasteiger partial charge in [0.1, 0.15) is 0 Å². The molecule has 1 unspecified atom stereocenters. The maximum atomic E-state index is 10.7. The van der Waals surface area contributed by atoms with Crippen molar-refractivity contribution in [3.63, 3.8) is 0 Å². The first-order chi connectivity index (χ1) is 15.2. The molecule has 2 saturated heterocycles. The van der Waals surface area contributed by atoms with Crippen LogP contribution in [0.4, 0.5) is 11.4 Å². The number of nitro groups is 1. The molecule has 2 N–H and O–H groups in total. The normalized spacial score (nSPS) is 20.5. The van der Waals surface area contributed by atoms with Crippen LogP contribution in [-0.4, -0.2) is 73.9 Å². The van der Waals surface area contributed by atoms with Crippen LogP contribution in [0.1, 0.15) is 39.0 Å². The van der Waals surface area contributed by atoms with Crippen LogP contribution in [0.25, 0.3) is 0 Å². The third kappa shape index (κ3) is 7.66. The molecule has 0 spiro atoms. The number of hydrogen-bond donors (Lipinski definition) is 2. The number of guanidine groups is 1. The molecule has 0 saturated carbocycles. The Balaban J connectivity index is 1.39. The van der Waals surface area contributed by atoms with Crippen molar-refractivity contribution in [1.82, 2.24) is 10.2 Å². The second kappa shape index (κ2) is 12.5. The first-order valence-electron chi connectivity index (χ1n) is 11.4. The largest absolute Gasteiger partial charge is 0.383 e. The Morgan fingerprint density at radius 2 is 2.03 bits per heavy atom. The van der Waals surface area contributed by atoms with Gasteiger partial charge in [0.15, 0.2) is 5.96 Å². The first kappa shape index (κ1) is 23.3. The molecule has 3 rings (SSSR count). The van der Waals surface area contributed by atoms with Gasteiger partial charge in [-0.2, -0.15) is 0 Å². The fourth-order valence-electron chi connectivity index (χ4n) is 3.91. The van der Waals surface area contributed by atoms with Crippen LogP contribution in [0, 0.1) is 10.1 Å². The highest BCUT2D eigenvalue weighted by molar-refractivity contribution is 5.80. The SMILES string of the molecule is CCNC(=NCCNc1ccc([N+](=O)[O-])cc1)N1CCC(OCC2CCCCO2)CC1. The van der Waals surface area contributed by atoms with Gasteiger partial charge < -0.3 is 25.0 Å². The summed E-state index contributed by atoms with van der Waals surface area (Å²) in [5, 5.41) is 17.4. The molecular weight excluding hydrogens is 398 g/mol. The summed E-state index contributed by atoms with van der Waals surface area (Å²) < 4.78 is 11.9. The molecule has 0 aromatic heterocycles. The Labute approximate surface area is 184 Å². The summed E-state index contributed by atoms with van der Waals surface area (Å²) in [6.45, 7) is 7.62. The molecule has 2 aliphatic heterocycles. The first-order valence-corrected chi connectivity index (χ1v) is 11.4. The number of ether oxygens (including phenoxy) is 2. The van der Waals surface area contributed by atoms with Gasteiger partial charge in [-0.05, 0) is 51.2 Å². The van der Waals surface area contributed by atoms with Crippen molar-refractivity contribution < 1.29 is 14.4 Å². The van der Waals surface area contributed by atoms with Gasteiger partial charge in [0.25, 0.3) is 5.69 Å². The van der Waals surface area contributed by atoms with Crippen molar-refractivity contribution >= 4 is 17.3 Å². The predicted molar refractivity (Wildman–Crippen MR) is 122 cm³/mol. The zero-order valence-electron chi connectivity index (χ0n) is 18.4. The lowest BCUT2D eigenvalue weighted by molar-refractivity contribution is -0.384. The molecule has 172 valence electrons. The molecule has 1 atom stereocenters. The minimum absolute atomic E-state index is 0.0941. The molecule has 2 aliphatic rings. The Hall–Kier alpha value is -2.39. The summed E-state index contributed by atoms with van der Waals surface area (Å²) in [6, 6.07) is 6.44. The van der Waals surface area contributed by atoms with E-state index in [0.29, 0.717) is 25.8 Å². The lowest BCUT2D eigenvalue weighted by Gasteiger charge is -2.35. The van der Waals surface area contributed by atoms with E-state index in [1.54, 1.807) is 12.1 Å². The third-order valence-corrected chi connectivity index (χ3v) is 5.65. The summed E-state index contributed by atoms with van der Waals surface area (Å²) in [4.78, 5) is 17.4. The van der Waals surface area contributed by atoms with Crippen molar-refractivity contribution in [3.05, 3.63) is 34.4 Å². The quantitative estimate of drug-likeness (QED) is 0.203. The van der Waals surface area contributed by atoms with E-state index in [4.69, 9.17) is 14.5 Å². The smallest absolute Gasteiger partial charge is 0.269 e. The Bertz CT molecular complexity index is 698. The number of hydrogen-bond acceptors (Lipinski definition) is 6. The van der Waals surface area contributed by atoms with Crippen molar-refractivity contribution in [1.29, 1.82) is 0 Å². The van der Waals surface area contributed by atoms with Crippen molar-refractivity contribution in [3.8, 4) is 0 Å². The summed E-state index contributed by atoms with van der Waals surface area (Å²) in [6.07, 6.45) is 6.10. The van der Waals surface area contributed by atoms with Gasteiger partial charge in [0, 0.05) is 50.6 Å². The van der Waals surface area contributed by atoms with Crippen LogP contribution >= 0.6 is 0 Å². The van der Waals surface area contributed by atoms with E-state index in [9.17, 15) is 10.1 Å². The number of piperidine rings is 1. The number of non-ortho nitro benzene ring substituents is 1. The Morgan fingerprint density at radius 3 is 2.68 bits per heavy atom. The maximum Gasteiger partial charge on any atom is 0.269 e. The molecule has 0 aliphatic carbocycles. The molecule has 9 heteroatoms. The maximum absolute atomic E-state index is 10.7. The van der Waals surface area contributed by atoms with Crippen molar-refractivity contribution in [2.75, 3.05) is 51.3 Å². The molecule has 0 radical (unpaired) electrons. The van der Waals surface area contributed by atoms with Crippen LogP contribution in [0.2, 0.25) is 0 Å². The predicted octanol–water partition coefficient (Wildman–Crippen LogP) is 3.02. The van der Waals surface area contributed by atoms with Crippen LogP contribution in [-0.2, 0) is 9.47 Å². The van der Waals surface area contributed by atoms with Gasteiger partial charge in [-0.25, -0.2) is 0 Å². The molecule has 31 heavy (non-hydrogen) atoms. The van der Waals surface area contributed by atoms with E-state index in [1.807, 2.05) is 0 Å². The second-order valence-corrected chi connectivity index (χ2v) is 7.97. The number of anilines is 1. The highest BCUT2D eigenvalue weighted by Crippen LogP contribution is 2.18. The molecule has 0 amide bonds. The van der Waals surface area contributed by atoms with Gasteiger partial charge in [-0.3, -0.25) is 15.1 Å². The minimum atomic E-state index is -0.394. The fraction of sp³-hybridized carbons (Fsp3) is 0.682. The number of rotatable bonds is 9. The zero-order chi connectivity index (χ0) is 21.9. The molecule has 1 aromatic rings. The molecule has 2 fully saturated rings. The molecule has 9 nitrogen and oxygen atoms in total. The summed E-state index contributed by atoms with van der Waals surface area (Å²) in [5.74, 6) is 0.932. The average Bonchev–Trinajstić information content (AvgIpc) is 2.81. The van der Waals surface area contributed by atoms with Gasteiger partial charge in [-0.1, -0.05) is 0 Å². The fourth-order valence-corrected chi connectivity index (χ4v) is 3.91. The van der Waals surface area contributed by atoms with Gasteiger partial charge in [-0.15, -0.1) is 0 Å². The highest BCUT2D eigenvalue weighted by Gasteiger charge is 2.23. The van der Waals surface area contributed by atoms with Crippen molar-refractivity contribution in [2.45, 2.75) is 51.2 Å². The number of likely N-dealkylation sites (tertiary alicyclic amines) is 1. The van der Waals surface area contributed by atoms with Crippen LogP contribution < -0.4 is 10.6 Å². The molecule has 2 heterocycles. The van der Waals surface area contributed by atoms with Crippen LogP contribution in [0.5, 0.6) is 0 Å². The van der Waals surface area contributed by atoms with E-state index in [2.05, 4.69) is 22.5 Å². The number of nitro benzene ring substituents is 1. The number of nitrogens with one attached hydrogen (secondary N) is 2. The molecule has 0 bridgehead atoms. The Kier molecular flexibility index (Phi) is 9.36. The minimum Gasteiger partial charge on any atom is -0.383 e. The van der Waals surface area contributed by atoms with E-state index in [-0.39, 0.29) is 11.8 Å². The monoisotopic (exact) mass is 433 g/mol. The highest BCUT2D eigenvalue weighted by atomic mass is 16.6. The van der Waals surface area contributed by atoms with Gasteiger partial charge in [0.2, 0.25) is 0 Å². The lowest BCUT2D eigenvalue weighted by Crippen LogP contribution is -2.47. The van der Waals surface area contributed by atoms with Crippen LogP contribution in [0.15, 0.2) is 29.3 Å². The summed E-state index contributed by atoms with van der Waals surface area (Å²) in [5.41, 5.74) is 0.947. The standard InChI is InChI=1S/C22H35N5O4/c1-2-23-22(25-13-12-24-18-6-8-19(9-7-18)27(28)29)26-14-10-20(11-15-26)31-17-21-5-3-4-16-30-21/h6-9,20-21,24H,2-5,10-17H2,1H3,(H,23,25). The van der Waals surface area contributed by atoms with E-state index in [0.717, 1.165) is 57.2 Å². The Morgan fingerprint density at radius 1 is 1.26 bits per heavy atom. The number of nitrogens with zero attached hydrogens (tertiary/aromatic N) is 3. The van der Waals surface area contributed by atoms with E-state index in [1.165, 1.54) is 25.0 Å². The zero-order valence-corrected chi connectivity index (χ0v) is 18.4. The number of aliphatic imine (C=N–C) groups is 1. The summed E-state index contributed by atoms with van der Waals surface area (Å²) >= 11 is 0. The van der Waals surface area contributed by atoms with E-state index >= 15 is 0 Å². The molecular formula is C22H35N5O4. The number of benzene rings is 1. The lowest BCUT2D eigenvalue weighted by atomic mass is 10.1. The van der Waals surface area contributed by atoms with Crippen LogP contribution in [0.3, 0.4) is 0 Å². The third-order valence-electron chi connectivity index (χ3n) is 5.65. The second-order valence-electron chi connectivity index (χ2n) is 7.97. The van der Waals surface area contributed by atoms with Gasteiger partial charge >= 0.3 is 0 Å².